The summed E-state index contributed by atoms with van der Waals surface area (Å²) in [6.45, 7) is 0.817. The number of carbonyl (C=O) groups excluding carboxylic acids is 1. The first-order valence-electron chi connectivity index (χ1n) is 7.95. The van der Waals surface area contributed by atoms with Crippen LogP contribution in [0.5, 0.6) is 0 Å². The molecule has 0 aromatic rings. The second-order valence-electron chi connectivity index (χ2n) is 6.80. The van der Waals surface area contributed by atoms with Crippen molar-refractivity contribution >= 4 is 5.91 Å². The van der Waals surface area contributed by atoms with E-state index >= 15 is 0 Å². The van der Waals surface area contributed by atoms with E-state index in [4.69, 9.17) is 0 Å². The Balaban J connectivity index is 1.56. The van der Waals surface area contributed by atoms with Crippen molar-refractivity contribution in [3.8, 4) is 6.07 Å². The molecule has 0 aliphatic heterocycles. The topological polar surface area (TPSA) is 52.9 Å². The lowest BCUT2D eigenvalue weighted by Gasteiger charge is -2.30. The quantitative estimate of drug-likeness (QED) is 0.826. The fourth-order valence-corrected chi connectivity index (χ4v) is 3.69. The summed E-state index contributed by atoms with van der Waals surface area (Å²) in [6.07, 6.45) is 10.1. The minimum atomic E-state index is -0.712. The molecular weight excluding hydrogens is 236 g/mol. The normalized spacial score (nSPS) is 25.9. The summed E-state index contributed by atoms with van der Waals surface area (Å²) < 4.78 is 0. The van der Waals surface area contributed by atoms with Gasteiger partial charge in [0, 0.05) is 6.54 Å². The molecule has 19 heavy (non-hydrogen) atoms. The zero-order valence-corrected chi connectivity index (χ0v) is 11.7. The van der Waals surface area contributed by atoms with Crippen LogP contribution in [-0.4, -0.2) is 12.5 Å². The predicted molar refractivity (Wildman–Crippen MR) is 73.1 cm³/mol. The van der Waals surface area contributed by atoms with Crippen molar-refractivity contribution in [3.05, 3.63) is 0 Å². The van der Waals surface area contributed by atoms with E-state index in [9.17, 15) is 10.1 Å². The maximum absolute atomic E-state index is 12.4. The van der Waals surface area contributed by atoms with Gasteiger partial charge in [-0.1, -0.05) is 19.3 Å². The fraction of sp³-hybridized carbons (Fsp3) is 0.875. The Morgan fingerprint density at radius 1 is 1.16 bits per heavy atom. The van der Waals surface area contributed by atoms with Gasteiger partial charge in [0.05, 0.1) is 6.07 Å². The Bertz CT molecular complexity index is 372. The molecule has 0 aromatic carbocycles. The summed E-state index contributed by atoms with van der Waals surface area (Å²) >= 11 is 0. The summed E-state index contributed by atoms with van der Waals surface area (Å²) in [5.41, 5.74) is -0.712. The molecule has 0 bridgehead atoms. The number of rotatable bonds is 5. The van der Waals surface area contributed by atoms with Gasteiger partial charge in [-0.25, -0.2) is 0 Å². The third kappa shape index (κ3) is 2.78. The van der Waals surface area contributed by atoms with Crippen LogP contribution in [0.2, 0.25) is 0 Å². The van der Waals surface area contributed by atoms with Gasteiger partial charge in [-0.05, 0) is 56.3 Å². The lowest BCUT2D eigenvalue weighted by molar-refractivity contribution is -0.129. The fourth-order valence-electron chi connectivity index (χ4n) is 3.69. The molecule has 0 aromatic heterocycles. The van der Waals surface area contributed by atoms with Crippen molar-refractivity contribution in [1.29, 1.82) is 5.26 Å². The van der Waals surface area contributed by atoms with Gasteiger partial charge in [-0.3, -0.25) is 4.79 Å². The molecule has 3 aliphatic carbocycles. The molecule has 3 saturated carbocycles. The first-order valence-corrected chi connectivity index (χ1v) is 7.95. The van der Waals surface area contributed by atoms with E-state index in [1.165, 1.54) is 32.1 Å². The molecular formula is C16H24N2O. The molecule has 3 aliphatic rings. The summed E-state index contributed by atoms with van der Waals surface area (Å²) in [5, 5.41) is 12.5. The Morgan fingerprint density at radius 2 is 1.74 bits per heavy atom. The number of amides is 1. The molecule has 1 amide bonds. The van der Waals surface area contributed by atoms with Crippen molar-refractivity contribution in [3.63, 3.8) is 0 Å². The zero-order valence-electron chi connectivity index (χ0n) is 11.7. The maximum Gasteiger partial charge on any atom is 0.240 e. The first kappa shape index (κ1) is 13.0. The molecule has 1 N–H and O–H groups in total. The van der Waals surface area contributed by atoms with Crippen LogP contribution in [-0.2, 0) is 4.79 Å². The predicted octanol–water partition coefficient (Wildman–Crippen LogP) is 3.01. The van der Waals surface area contributed by atoms with Crippen LogP contribution in [0.25, 0.3) is 0 Å². The lowest BCUT2D eigenvalue weighted by Crippen LogP contribution is -2.43. The average Bonchev–Trinajstić information content (AvgIpc) is 3.32. The summed E-state index contributed by atoms with van der Waals surface area (Å²) in [7, 11) is 0. The standard InChI is InChI=1S/C16H24N2O/c17-11-16(8-2-1-3-9-16)15(19)18-10-14(12-4-5-12)13-6-7-13/h12-14H,1-10H2,(H,18,19). The zero-order chi connectivity index (χ0) is 13.3. The Hall–Kier alpha value is -1.04. The highest BCUT2D eigenvalue weighted by Gasteiger charge is 2.43. The van der Waals surface area contributed by atoms with Gasteiger partial charge in [-0.2, -0.15) is 5.26 Å². The van der Waals surface area contributed by atoms with Crippen LogP contribution < -0.4 is 5.32 Å². The second kappa shape index (κ2) is 5.15. The Labute approximate surface area is 115 Å². The average molecular weight is 260 g/mol. The van der Waals surface area contributed by atoms with Crippen molar-refractivity contribution in [1.82, 2.24) is 5.32 Å². The van der Waals surface area contributed by atoms with E-state index in [-0.39, 0.29) is 5.91 Å². The van der Waals surface area contributed by atoms with E-state index in [1.54, 1.807) is 0 Å². The van der Waals surface area contributed by atoms with Gasteiger partial charge in [0.2, 0.25) is 5.91 Å². The minimum absolute atomic E-state index is 0.0148. The van der Waals surface area contributed by atoms with Crippen LogP contribution in [0.1, 0.15) is 57.8 Å². The molecule has 0 saturated heterocycles. The number of nitriles is 1. The van der Waals surface area contributed by atoms with Crippen molar-refractivity contribution in [2.45, 2.75) is 57.8 Å². The maximum atomic E-state index is 12.4. The van der Waals surface area contributed by atoms with Gasteiger partial charge in [-0.15, -0.1) is 0 Å². The molecule has 0 radical (unpaired) electrons. The molecule has 0 spiro atoms. The highest BCUT2D eigenvalue weighted by Crippen LogP contribution is 2.49. The van der Waals surface area contributed by atoms with Crippen molar-refractivity contribution < 1.29 is 4.79 Å². The van der Waals surface area contributed by atoms with Gasteiger partial charge in [0.1, 0.15) is 5.41 Å². The largest absolute Gasteiger partial charge is 0.354 e. The van der Waals surface area contributed by atoms with E-state index in [1.807, 2.05) is 0 Å². The van der Waals surface area contributed by atoms with E-state index < -0.39 is 5.41 Å². The lowest BCUT2D eigenvalue weighted by atomic mass is 9.74. The number of hydrogen-bond acceptors (Lipinski definition) is 2. The molecule has 0 atom stereocenters. The molecule has 3 heteroatoms. The van der Waals surface area contributed by atoms with Crippen molar-refractivity contribution in [2.24, 2.45) is 23.2 Å². The monoisotopic (exact) mass is 260 g/mol. The number of nitrogens with one attached hydrogen (secondary N) is 1. The third-order valence-electron chi connectivity index (χ3n) is 5.31. The Morgan fingerprint density at radius 3 is 2.21 bits per heavy atom. The number of carbonyl (C=O) groups is 1. The summed E-state index contributed by atoms with van der Waals surface area (Å²) in [5.74, 6) is 2.43. The highest BCUT2D eigenvalue weighted by atomic mass is 16.2. The highest BCUT2D eigenvalue weighted by molar-refractivity contribution is 5.85. The van der Waals surface area contributed by atoms with E-state index in [2.05, 4.69) is 11.4 Å². The Kier molecular flexibility index (Phi) is 3.52. The second-order valence-corrected chi connectivity index (χ2v) is 6.80. The van der Waals surface area contributed by atoms with Gasteiger partial charge in [0.25, 0.3) is 0 Å². The summed E-state index contributed by atoms with van der Waals surface area (Å²) in [4.78, 5) is 12.4. The number of nitrogens with zero attached hydrogens (tertiary/aromatic N) is 1. The van der Waals surface area contributed by atoms with Crippen LogP contribution in [0.15, 0.2) is 0 Å². The van der Waals surface area contributed by atoms with Crippen LogP contribution in [0, 0.1) is 34.5 Å². The molecule has 0 heterocycles. The number of hydrogen-bond donors (Lipinski definition) is 1. The van der Waals surface area contributed by atoms with Crippen LogP contribution in [0.3, 0.4) is 0 Å². The van der Waals surface area contributed by atoms with E-state index in [0.717, 1.165) is 44.1 Å². The minimum Gasteiger partial charge on any atom is -0.354 e. The molecule has 3 fully saturated rings. The van der Waals surface area contributed by atoms with Crippen LogP contribution in [0.4, 0.5) is 0 Å². The van der Waals surface area contributed by atoms with Crippen molar-refractivity contribution in [2.75, 3.05) is 6.54 Å². The van der Waals surface area contributed by atoms with Gasteiger partial charge >= 0.3 is 0 Å². The molecule has 104 valence electrons. The van der Waals surface area contributed by atoms with Gasteiger partial charge < -0.3 is 5.32 Å². The van der Waals surface area contributed by atoms with E-state index in [0.29, 0.717) is 5.92 Å². The first-order chi connectivity index (χ1) is 9.25. The molecule has 0 unspecified atom stereocenters. The van der Waals surface area contributed by atoms with Gasteiger partial charge in [0.15, 0.2) is 0 Å². The molecule has 3 nitrogen and oxygen atoms in total. The molecule has 3 rings (SSSR count). The smallest absolute Gasteiger partial charge is 0.240 e. The van der Waals surface area contributed by atoms with Crippen LogP contribution >= 0.6 is 0 Å². The summed E-state index contributed by atoms with van der Waals surface area (Å²) in [6, 6.07) is 2.32. The SMILES string of the molecule is N#CC1(C(=O)NCC(C2CC2)C2CC2)CCCCC1. The third-order valence-corrected chi connectivity index (χ3v) is 5.31.